The minimum absolute atomic E-state index is 0.0327. The maximum absolute atomic E-state index is 11.0. The molecule has 1 saturated carbocycles. The molecule has 1 fully saturated rings. The molecule has 0 radical (unpaired) electrons. The Labute approximate surface area is 119 Å². The lowest BCUT2D eigenvalue weighted by molar-refractivity contribution is -0.384. The van der Waals surface area contributed by atoms with Gasteiger partial charge in [0.05, 0.1) is 4.92 Å². The van der Waals surface area contributed by atoms with Gasteiger partial charge in [-0.15, -0.1) is 0 Å². The number of hydrazine groups is 1. The van der Waals surface area contributed by atoms with Crippen LogP contribution in [0.1, 0.15) is 32.3 Å². The van der Waals surface area contributed by atoms with E-state index in [1.807, 2.05) is 6.07 Å². The van der Waals surface area contributed by atoms with Gasteiger partial charge >= 0.3 is 0 Å². The summed E-state index contributed by atoms with van der Waals surface area (Å²) in [5.41, 5.74) is 3.71. The van der Waals surface area contributed by atoms with Gasteiger partial charge in [-0.3, -0.25) is 20.9 Å². The summed E-state index contributed by atoms with van der Waals surface area (Å²) >= 11 is 0. The zero-order chi connectivity index (χ0) is 14.7. The lowest BCUT2D eigenvalue weighted by atomic mass is 10.1. The highest BCUT2D eigenvalue weighted by Gasteiger charge is 2.29. The smallest absolute Gasteiger partial charge is 0.293 e. The zero-order valence-corrected chi connectivity index (χ0v) is 12.0. The van der Waals surface area contributed by atoms with Crippen molar-refractivity contribution in [3.8, 4) is 0 Å². The Bertz CT molecular complexity index is 486. The van der Waals surface area contributed by atoms with E-state index < -0.39 is 4.92 Å². The Morgan fingerprint density at radius 2 is 2.20 bits per heavy atom. The first-order valence-electron chi connectivity index (χ1n) is 6.99. The number of nitrogens with zero attached hydrogens (tertiary/aromatic N) is 2. The molecule has 110 valence electrons. The SMILES string of the molecule is CC(C)CN(Cc1ccc(NN)c([N+](=O)[O-])c1)C1CC1. The van der Waals surface area contributed by atoms with Crippen LogP contribution in [0, 0.1) is 16.0 Å². The van der Waals surface area contributed by atoms with Crippen molar-refractivity contribution in [3.05, 3.63) is 33.9 Å². The third-order valence-corrected chi connectivity index (χ3v) is 3.46. The monoisotopic (exact) mass is 278 g/mol. The van der Waals surface area contributed by atoms with Crippen LogP contribution in [0.2, 0.25) is 0 Å². The highest BCUT2D eigenvalue weighted by atomic mass is 16.6. The van der Waals surface area contributed by atoms with Crippen molar-refractivity contribution in [2.24, 2.45) is 11.8 Å². The highest BCUT2D eigenvalue weighted by Crippen LogP contribution is 2.31. The van der Waals surface area contributed by atoms with Gasteiger partial charge in [0.1, 0.15) is 5.69 Å². The summed E-state index contributed by atoms with van der Waals surface area (Å²) in [6.07, 6.45) is 2.47. The van der Waals surface area contributed by atoms with E-state index in [0.717, 1.165) is 18.7 Å². The molecule has 0 aromatic heterocycles. The Hall–Kier alpha value is -1.66. The largest absolute Gasteiger partial charge is 0.318 e. The fourth-order valence-electron chi connectivity index (χ4n) is 2.43. The number of hydrogen-bond acceptors (Lipinski definition) is 5. The molecule has 0 spiro atoms. The van der Waals surface area contributed by atoms with Crippen molar-refractivity contribution in [1.82, 2.24) is 4.90 Å². The van der Waals surface area contributed by atoms with Gasteiger partial charge < -0.3 is 5.43 Å². The van der Waals surface area contributed by atoms with Gasteiger partial charge in [0.2, 0.25) is 0 Å². The van der Waals surface area contributed by atoms with Crippen LogP contribution in [0.3, 0.4) is 0 Å². The quantitative estimate of drug-likeness (QED) is 0.455. The van der Waals surface area contributed by atoms with Gasteiger partial charge in [0.15, 0.2) is 0 Å². The van der Waals surface area contributed by atoms with Crippen LogP contribution in [-0.2, 0) is 6.54 Å². The molecule has 0 aliphatic heterocycles. The molecule has 0 amide bonds. The molecule has 1 aliphatic carbocycles. The average molecular weight is 278 g/mol. The van der Waals surface area contributed by atoms with E-state index in [1.165, 1.54) is 12.8 Å². The molecular formula is C14H22N4O2. The summed E-state index contributed by atoms with van der Waals surface area (Å²) in [5.74, 6) is 5.89. The van der Waals surface area contributed by atoms with E-state index in [1.54, 1.807) is 12.1 Å². The number of nitro benzene ring substituents is 1. The second-order valence-corrected chi connectivity index (χ2v) is 5.81. The maximum Gasteiger partial charge on any atom is 0.293 e. The predicted octanol–water partition coefficient (Wildman–Crippen LogP) is 2.50. The van der Waals surface area contributed by atoms with Gasteiger partial charge in [-0.1, -0.05) is 19.9 Å². The number of rotatable bonds is 7. The van der Waals surface area contributed by atoms with Gasteiger partial charge in [0.25, 0.3) is 5.69 Å². The van der Waals surface area contributed by atoms with Gasteiger partial charge in [-0.2, -0.15) is 0 Å². The van der Waals surface area contributed by atoms with Crippen LogP contribution in [0.25, 0.3) is 0 Å². The normalized spacial score (nSPS) is 14.8. The number of nitrogens with one attached hydrogen (secondary N) is 1. The number of nitrogens with two attached hydrogens (primary N) is 1. The lowest BCUT2D eigenvalue weighted by Gasteiger charge is -2.24. The van der Waals surface area contributed by atoms with E-state index in [4.69, 9.17) is 5.84 Å². The molecule has 2 rings (SSSR count). The van der Waals surface area contributed by atoms with E-state index in [9.17, 15) is 10.1 Å². The minimum atomic E-state index is -0.400. The molecule has 20 heavy (non-hydrogen) atoms. The molecule has 0 unspecified atom stereocenters. The summed E-state index contributed by atoms with van der Waals surface area (Å²) < 4.78 is 0. The molecule has 1 aromatic rings. The summed E-state index contributed by atoms with van der Waals surface area (Å²) in [5, 5.41) is 11.0. The van der Waals surface area contributed by atoms with Crippen molar-refractivity contribution in [2.45, 2.75) is 39.3 Å². The van der Waals surface area contributed by atoms with E-state index in [2.05, 4.69) is 24.2 Å². The summed E-state index contributed by atoms with van der Waals surface area (Å²) in [4.78, 5) is 13.1. The topological polar surface area (TPSA) is 84.4 Å². The van der Waals surface area contributed by atoms with Crippen LogP contribution in [0.5, 0.6) is 0 Å². The second-order valence-electron chi connectivity index (χ2n) is 5.81. The van der Waals surface area contributed by atoms with E-state index in [-0.39, 0.29) is 5.69 Å². The Kier molecular flexibility index (Phi) is 4.57. The number of nitrogen functional groups attached to an aromatic ring is 1. The van der Waals surface area contributed by atoms with Gasteiger partial charge in [-0.05, 0) is 30.4 Å². The fraction of sp³-hybridized carbons (Fsp3) is 0.571. The summed E-state index contributed by atoms with van der Waals surface area (Å²) in [7, 11) is 0. The van der Waals surface area contributed by atoms with Crippen molar-refractivity contribution in [2.75, 3.05) is 12.0 Å². The lowest BCUT2D eigenvalue weighted by Crippen LogP contribution is -2.29. The maximum atomic E-state index is 11.0. The van der Waals surface area contributed by atoms with Crippen LogP contribution in [0.15, 0.2) is 18.2 Å². The molecule has 1 aliphatic rings. The van der Waals surface area contributed by atoms with Crippen molar-refractivity contribution >= 4 is 11.4 Å². The molecule has 1 aromatic carbocycles. The number of anilines is 1. The number of hydrogen-bond donors (Lipinski definition) is 2. The van der Waals surface area contributed by atoms with Crippen molar-refractivity contribution in [3.63, 3.8) is 0 Å². The molecule has 0 bridgehead atoms. The average Bonchev–Trinajstić information content (AvgIpc) is 3.21. The number of nitro groups is 1. The summed E-state index contributed by atoms with van der Waals surface area (Å²) in [6, 6.07) is 5.83. The molecular weight excluding hydrogens is 256 g/mol. The molecule has 0 atom stereocenters. The zero-order valence-electron chi connectivity index (χ0n) is 12.0. The van der Waals surface area contributed by atoms with E-state index in [0.29, 0.717) is 17.6 Å². The van der Waals surface area contributed by atoms with Gasteiger partial charge in [-0.25, -0.2) is 0 Å². The Morgan fingerprint density at radius 3 is 2.70 bits per heavy atom. The molecule has 6 heteroatoms. The molecule has 6 nitrogen and oxygen atoms in total. The van der Waals surface area contributed by atoms with Gasteiger partial charge in [0, 0.05) is 25.2 Å². The van der Waals surface area contributed by atoms with Crippen LogP contribution >= 0.6 is 0 Å². The van der Waals surface area contributed by atoms with E-state index >= 15 is 0 Å². The third kappa shape index (κ3) is 3.68. The molecule has 0 heterocycles. The Balaban J connectivity index is 2.15. The first-order chi connectivity index (χ1) is 9.51. The highest BCUT2D eigenvalue weighted by molar-refractivity contribution is 5.61. The Morgan fingerprint density at radius 1 is 1.50 bits per heavy atom. The standard InChI is InChI=1S/C14H22N4O2/c1-10(2)8-17(12-4-5-12)9-11-3-6-13(16-15)14(7-11)18(19)20/h3,6-7,10,12,16H,4-5,8-9,15H2,1-2H3. The minimum Gasteiger partial charge on any atom is -0.318 e. The third-order valence-electron chi connectivity index (χ3n) is 3.46. The second kappa shape index (κ2) is 6.19. The predicted molar refractivity (Wildman–Crippen MR) is 79.2 cm³/mol. The van der Waals surface area contributed by atoms with Crippen LogP contribution < -0.4 is 11.3 Å². The summed E-state index contributed by atoms with van der Waals surface area (Å²) in [6.45, 7) is 6.17. The van der Waals surface area contributed by atoms with Crippen molar-refractivity contribution < 1.29 is 4.92 Å². The van der Waals surface area contributed by atoms with Crippen molar-refractivity contribution in [1.29, 1.82) is 0 Å². The van der Waals surface area contributed by atoms with Crippen LogP contribution in [0.4, 0.5) is 11.4 Å². The first kappa shape index (κ1) is 14.7. The first-order valence-corrected chi connectivity index (χ1v) is 6.99. The fourth-order valence-corrected chi connectivity index (χ4v) is 2.43. The molecule has 0 saturated heterocycles. The number of benzene rings is 1. The van der Waals surface area contributed by atoms with Crippen LogP contribution in [-0.4, -0.2) is 22.4 Å². The molecule has 3 N–H and O–H groups in total.